The normalized spacial score (nSPS) is 12.6. The highest BCUT2D eigenvalue weighted by Crippen LogP contribution is 2.24. The maximum Gasteiger partial charge on any atom is 0.180 e. The van der Waals surface area contributed by atoms with Crippen LogP contribution < -0.4 is 10.5 Å². The molecule has 0 fully saturated rings. The molecule has 102 valence electrons. The van der Waals surface area contributed by atoms with Crippen molar-refractivity contribution < 1.29 is 4.74 Å². The maximum atomic E-state index is 5.65. The molecule has 0 aliphatic carbocycles. The molecule has 0 radical (unpaired) electrons. The molecule has 0 spiro atoms. The standard InChI is InChI=1S/C14H19N3OS/c1-10(11-4-6-12(18-3)7-5-11)17(2)9-13-8-16-14(15)19-13/h4-8,10H,9H2,1-3H3,(H2,15,16). The number of hydrogen-bond donors (Lipinski definition) is 1. The number of anilines is 1. The Hall–Kier alpha value is -1.59. The van der Waals surface area contributed by atoms with E-state index >= 15 is 0 Å². The lowest BCUT2D eigenvalue weighted by molar-refractivity contribution is 0.255. The molecule has 0 saturated carbocycles. The van der Waals surface area contributed by atoms with Crippen molar-refractivity contribution in [3.8, 4) is 5.75 Å². The molecule has 0 saturated heterocycles. The van der Waals surface area contributed by atoms with Crippen LogP contribution in [-0.2, 0) is 6.54 Å². The van der Waals surface area contributed by atoms with Gasteiger partial charge in [-0.25, -0.2) is 4.98 Å². The molecule has 19 heavy (non-hydrogen) atoms. The Morgan fingerprint density at radius 3 is 2.58 bits per heavy atom. The zero-order valence-corrected chi connectivity index (χ0v) is 12.3. The fourth-order valence-electron chi connectivity index (χ4n) is 1.92. The van der Waals surface area contributed by atoms with Crippen molar-refractivity contribution in [2.45, 2.75) is 19.5 Å². The van der Waals surface area contributed by atoms with Gasteiger partial charge in [0.25, 0.3) is 0 Å². The van der Waals surface area contributed by atoms with Gasteiger partial charge in [-0.15, -0.1) is 11.3 Å². The van der Waals surface area contributed by atoms with Crippen LogP contribution in [0.4, 0.5) is 5.13 Å². The number of hydrogen-bond acceptors (Lipinski definition) is 5. The lowest BCUT2D eigenvalue weighted by atomic mass is 10.1. The van der Waals surface area contributed by atoms with E-state index in [1.165, 1.54) is 21.8 Å². The first-order valence-corrected chi connectivity index (χ1v) is 6.96. The molecule has 1 atom stereocenters. The van der Waals surface area contributed by atoms with Crippen molar-refractivity contribution in [3.63, 3.8) is 0 Å². The van der Waals surface area contributed by atoms with Crippen LogP contribution in [0.25, 0.3) is 0 Å². The van der Waals surface area contributed by atoms with Gasteiger partial charge in [-0.1, -0.05) is 12.1 Å². The van der Waals surface area contributed by atoms with Crippen molar-refractivity contribution in [2.75, 3.05) is 19.9 Å². The second-order valence-electron chi connectivity index (χ2n) is 4.53. The Labute approximate surface area is 117 Å². The molecule has 1 unspecified atom stereocenters. The summed E-state index contributed by atoms with van der Waals surface area (Å²) in [5.74, 6) is 0.883. The monoisotopic (exact) mass is 277 g/mol. The third-order valence-electron chi connectivity index (χ3n) is 3.24. The number of ether oxygens (including phenoxy) is 1. The van der Waals surface area contributed by atoms with Crippen LogP contribution in [0.15, 0.2) is 30.5 Å². The smallest absolute Gasteiger partial charge is 0.180 e. The second kappa shape index (κ2) is 6.04. The average molecular weight is 277 g/mol. The van der Waals surface area contributed by atoms with E-state index in [0.29, 0.717) is 11.2 Å². The van der Waals surface area contributed by atoms with Crippen LogP contribution in [0.5, 0.6) is 5.75 Å². The first kappa shape index (κ1) is 13.8. The summed E-state index contributed by atoms with van der Waals surface area (Å²) in [5.41, 5.74) is 6.91. The van der Waals surface area contributed by atoms with Gasteiger partial charge in [-0.2, -0.15) is 0 Å². The van der Waals surface area contributed by atoms with E-state index in [2.05, 4.69) is 36.0 Å². The Morgan fingerprint density at radius 1 is 1.37 bits per heavy atom. The minimum Gasteiger partial charge on any atom is -0.497 e. The second-order valence-corrected chi connectivity index (χ2v) is 5.68. The van der Waals surface area contributed by atoms with Crippen LogP contribution in [0.3, 0.4) is 0 Å². The first-order valence-electron chi connectivity index (χ1n) is 6.14. The molecule has 1 aromatic carbocycles. The SMILES string of the molecule is COc1ccc(C(C)N(C)Cc2cnc(N)s2)cc1. The Morgan fingerprint density at radius 2 is 2.05 bits per heavy atom. The topological polar surface area (TPSA) is 51.4 Å². The number of benzene rings is 1. The van der Waals surface area contributed by atoms with E-state index in [9.17, 15) is 0 Å². The molecular weight excluding hydrogens is 258 g/mol. The predicted molar refractivity (Wildman–Crippen MR) is 79.4 cm³/mol. The van der Waals surface area contributed by atoms with Gasteiger partial charge in [-0.05, 0) is 31.7 Å². The van der Waals surface area contributed by atoms with Gasteiger partial charge in [0.1, 0.15) is 5.75 Å². The Bertz CT molecular complexity index is 524. The van der Waals surface area contributed by atoms with Crippen molar-refractivity contribution in [2.24, 2.45) is 0 Å². The average Bonchev–Trinajstić information content (AvgIpc) is 2.83. The van der Waals surface area contributed by atoms with Gasteiger partial charge >= 0.3 is 0 Å². The summed E-state index contributed by atoms with van der Waals surface area (Å²) in [6.07, 6.45) is 1.84. The highest BCUT2D eigenvalue weighted by atomic mass is 32.1. The highest BCUT2D eigenvalue weighted by Gasteiger charge is 2.13. The van der Waals surface area contributed by atoms with Gasteiger partial charge in [0.15, 0.2) is 5.13 Å². The fraction of sp³-hybridized carbons (Fsp3) is 0.357. The Kier molecular flexibility index (Phi) is 4.39. The molecule has 5 heteroatoms. The summed E-state index contributed by atoms with van der Waals surface area (Å²) in [6, 6.07) is 8.51. The van der Waals surface area contributed by atoms with Gasteiger partial charge in [0.05, 0.1) is 7.11 Å². The largest absolute Gasteiger partial charge is 0.497 e. The molecule has 4 nitrogen and oxygen atoms in total. The predicted octanol–water partition coefficient (Wildman–Crippen LogP) is 2.93. The van der Waals surface area contributed by atoms with Crippen LogP contribution in [0.2, 0.25) is 0 Å². The molecular formula is C14H19N3OS. The van der Waals surface area contributed by atoms with Crippen LogP contribution >= 0.6 is 11.3 Å². The molecule has 1 heterocycles. The van der Waals surface area contributed by atoms with E-state index < -0.39 is 0 Å². The minimum absolute atomic E-state index is 0.328. The Balaban J connectivity index is 2.03. The molecule has 2 aromatic rings. The molecule has 0 aliphatic heterocycles. The van der Waals surface area contributed by atoms with Crippen LogP contribution in [0, 0.1) is 0 Å². The van der Waals surface area contributed by atoms with E-state index in [0.717, 1.165) is 12.3 Å². The lowest BCUT2D eigenvalue weighted by Gasteiger charge is -2.24. The van der Waals surface area contributed by atoms with Crippen LogP contribution in [0.1, 0.15) is 23.4 Å². The first-order chi connectivity index (χ1) is 9.10. The zero-order chi connectivity index (χ0) is 13.8. The quantitative estimate of drug-likeness (QED) is 0.913. The minimum atomic E-state index is 0.328. The summed E-state index contributed by atoms with van der Waals surface area (Å²) in [6.45, 7) is 3.04. The number of rotatable bonds is 5. The van der Waals surface area contributed by atoms with Crippen LogP contribution in [-0.4, -0.2) is 24.0 Å². The molecule has 0 aliphatic rings. The van der Waals surface area contributed by atoms with Gasteiger partial charge < -0.3 is 10.5 Å². The van der Waals surface area contributed by atoms with E-state index in [-0.39, 0.29) is 0 Å². The summed E-state index contributed by atoms with van der Waals surface area (Å²) >= 11 is 1.54. The molecule has 0 amide bonds. The number of nitrogens with two attached hydrogens (primary N) is 1. The van der Waals surface area contributed by atoms with Crippen molar-refractivity contribution in [1.29, 1.82) is 0 Å². The van der Waals surface area contributed by atoms with Crippen molar-refractivity contribution in [3.05, 3.63) is 40.9 Å². The molecule has 0 bridgehead atoms. The summed E-state index contributed by atoms with van der Waals surface area (Å²) < 4.78 is 5.17. The number of nitrogen functional groups attached to an aromatic ring is 1. The molecule has 2 N–H and O–H groups in total. The van der Waals surface area contributed by atoms with Gasteiger partial charge in [0.2, 0.25) is 0 Å². The third-order valence-corrected chi connectivity index (χ3v) is 4.05. The van der Waals surface area contributed by atoms with Crippen molar-refractivity contribution >= 4 is 16.5 Å². The van der Waals surface area contributed by atoms with E-state index in [1.54, 1.807) is 7.11 Å². The van der Waals surface area contributed by atoms with E-state index in [4.69, 9.17) is 10.5 Å². The van der Waals surface area contributed by atoms with E-state index in [1.807, 2.05) is 18.3 Å². The zero-order valence-electron chi connectivity index (χ0n) is 11.5. The number of methoxy groups -OCH3 is 1. The van der Waals surface area contributed by atoms with Gasteiger partial charge in [0, 0.05) is 23.7 Å². The van der Waals surface area contributed by atoms with Crippen molar-refractivity contribution in [1.82, 2.24) is 9.88 Å². The van der Waals surface area contributed by atoms with Gasteiger partial charge in [-0.3, -0.25) is 4.90 Å². The lowest BCUT2D eigenvalue weighted by Crippen LogP contribution is -2.21. The third kappa shape index (κ3) is 3.45. The molecule has 2 rings (SSSR count). The summed E-state index contributed by atoms with van der Waals surface area (Å²) in [5, 5.41) is 0.625. The number of nitrogens with zero attached hydrogens (tertiary/aromatic N) is 2. The summed E-state index contributed by atoms with van der Waals surface area (Å²) in [4.78, 5) is 7.53. The fourth-order valence-corrected chi connectivity index (χ4v) is 2.66. The number of thiazole rings is 1. The maximum absolute atomic E-state index is 5.65. The summed E-state index contributed by atoms with van der Waals surface area (Å²) in [7, 11) is 3.78. The highest BCUT2D eigenvalue weighted by molar-refractivity contribution is 7.15. The molecule has 1 aromatic heterocycles. The number of aromatic nitrogens is 1.